The Kier molecular flexibility index (Phi) is 6.54. The molecule has 7 heteroatoms. The molecule has 24 heavy (non-hydrogen) atoms. The molecule has 6 nitrogen and oxygen atoms in total. The summed E-state index contributed by atoms with van der Waals surface area (Å²) in [6.45, 7) is 6.77. The Morgan fingerprint density at radius 1 is 1.25 bits per heavy atom. The molecule has 0 unspecified atom stereocenters. The van der Waals surface area contributed by atoms with Crippen LogP contribution < -0.4 is 5.32 Å². The Morgan fingerprint density at radius 3 is 2.58 bits per heavy atom. The average molecular weight is 346 g/mol. The maximum absolute atomic E-state index is 12.3. The minimum atomic E-state index is -0.0152. The van der Waals surface area contributed by atoms with Crippen molar-refractivity contribution >= 4 is 29.1 Å². The molecule has 0 aliphatic carbocycles. The van der Waals surface area contributed by atoms with Gasteiger partial charge in [0.1, 0.15) is 6.33 Å². The summed E-state index contributed by atoms with van der Waals surface area (Å²) in [4.78, 5) is 24.0. The molecule has 0 bridgehead atoms. The number of anilines is 1. The lowest BCUT2D eigenvalue weighted by molar-refractivity contribution is -0.116. The second-order valence-corrected chi connectivity index (χ2v) is 6.78. The van der Waals surface area contributed by atoms with Gasteiger partial charge in [-0.3, -0.25) is 9.59 Å². The Morgan fingerprint density at radius 2 is 1.96 bits per heavy atom. The molecular weight excluding hydrogens is 324 g/mol. The Labute approximate surface area is 146 Å². The van der Waals surface area contributed by atoms with E-state index in [2.05, 4.69) is 15.5 Å². The number of ketones is 1. The van der Waals surface area contributed by atoms with Crippen LogP contribution in [-0.2, 0) is 11.3 Å². The van der Waals surface area contributed by atoms with E-state index in [0.717, 1.165) is 11.7 Å². The van der Waals surface area contributed by atoms with Crippen molar-refractivity contribution in [1.82, 2.24) is 14.8 Å². The SMILES string of the molecule is CCn1cnnc1SCC(=O)c1ccc(NC(=O)CC(C)C)cc1. The van der Waals surface area contributed by atoms with Gasteiger partial charge in [0, 0.05) is 24.2 Å². The standard InChI is InChI=1S/C17H22N4O2S/c1-4-21-11-18-20-17(21)24-10-15(22)13-5-7-14(8-6-13)19-16(23)9-12(2)3/h5-8,11-12H,4,9-10H2,1-3H3,(H,19,23). The number of amides is 1. The molecule has 1 amide bonds. The van der Waals surface area contributed by atoms with E-state index in [0.29, 0.717) is 29.3 Å². The molecule has 0 aliphatic rings. The molecule has 0 fully saturated rings. The van der Waals surface area contributed by atoms with Crippen molar-refractivity contribution in [2.45, 2.75) is 38.9 Å². The van der Waals surface area contributed by atoms with Crippen molar-refractivity contribution in [1.29, 1.82) is 0 Å². The number of aromatic nitrogens is 3. The molecule has 1 aromatic carbocycles. The van der Waals surface area contributed by atoms with E-state index >= 15 is 0 Å². The Hall–Kier alpha value is -2.15. The molecule has 0 radical (unpaired) electrons. The van der Waals surface area contributed by atoms with Crippen LogP contribution in [0.1, 0.15) is 37.6 Å². The highest BCUT2D eigenvalue weighted by Gasteiger charge is 2.11. The van der Waals surface area contributed by atoms with E-state index in [1.165, 1.54) is 11.8 Å². The third-order valence-electron chi connectivity index (χ3n) is 3.34. The zero-order valence-electron chi connectivity index (χ0n) is 14.2. The van der Waals surface area contributed by atoms with Gasteiger partial charge in [0.25, 0.3) is 0 Å². The van der Waals surface area contributed by atoms with Crippen molar-refractivity contribution in [3.63, 3.8) is 0 Å². The van der Waals surface area contributed by atoms with Crippen molar-refractivity contribution in [3.8, 4) is 0 Å². The largest absolute Gasteiger partial charge is 0.326 e. The summed E-state index contributed by atoms with van der Waals surface area (Å²) >= 11 is 1.37. The van der Waals surface area contributed by atoms with Crippen LogP contribution in [0.4, 0.5) is 5.69 Å². The van der Waals surface area contributed by atoms with E-state index in [9.17, 15) is 9.59 Å². The summed E-state index contributed by atoms with van der Waals surface area (Å²) in [5, 5.41) is 11.4. The first-order chi connectivity index (χ1) is 11.5. The maximum atomic E-state index is 12.3. The lowest BCUT2D eigenvalue weighted by Gasteiger charge is -2.08. The summed E-state index contributed by atoms with van der Waals surface area (Å²) in [5.41, 5.74) is 1.32. The summed E-state index contributed by atoms with van der Waals surface area (Å²) in [6, 6.07) is 6.98. The van der Waals surface area contributed by atoms with Crippen molar-refractivity contribution in [2.24, 2.45) is 5.92 Å². The number of aryl methyl sites for hydroxylation is 1. The van der Waals surface area contributed by atoms with Gasteiger partial charge in [-0.25, -0.2) is 0 Å². The molecule has 1 aromatic heterocycles. The van der Waals surface area contributed by atoms with Crippen LogP contribution in [0, 0.1) is 5.92 Å². The van der Waals surface area contributed by atoms with Gasteiger partial charge >= 0.3 is 0 Å². The molecule has 0 saturated heterocycles. The predicted octanol–water partition coefficient (Wildman–Crippen LogP) is 3.26. The fourth-order valence-corrected chi connectivity index (χ4v) is 2.98. The highest BCUT2D eigenvalue weighted by molar-refractivity contribution is 7.99. The van der Waals surface area contributed by atoms with Crippen molar-refractivity contribution in [3.05, 3.63) is 36.2 Å². The second-order valence-electron chi connectivity index (χ2n) is 5.83. The summed E-state index contributed by atoms with van der Waals surface area (Å²) in [5.74, 6) is 0.620. The van der Waals surface area contributed by atoms with Gasteiger partial charge in [0.15, 0.2) is 10.9 Å². The predicted molar refractivity (Wildman–Crippen MR) is 95.3 cm³/mol. The highest BCUT2D eigenvalue weighted by Crippen LogP contribution is 2.18. The zero-order valence-corrected chi connectivity index (χ0v) is 15.0. The van der Waals surface area contributed by atoms with Gasteiger partial charge in [-0.15, -0.1) is 10.2 Å². The molecule has 0 spiro atoms. The summed E-state index contributed by atoms with van der Waals surface area (Å²) < 4.78 is 1.89. The fraction of sp³-hybridized carbons (Fsp3) is 0.412. The van der Waals surface area contributed by atoms with Gasteiger partial charge in [-0.1, -0.05) is 25.6 Å². The van der Waals surface area contributed by atoms with Crippen molar-refractivity contribution in [2.75, 3.05) is 11.1 Å². The highest BCUT2D eigenvalue weighted by atomic mass is 32.2. The van der Waals surface area contributed by atoms with E-state index in [4.69, 9.17) is 0 Å². The third-order valence-corrected chi connectivity index (χ3v) is 4.32. The number of carbonyl (C=O) groups excluding carboxylic acids is 2. The summed E-state index contributed by atoms with van der Waals surface area (Å²) in [6.07, 6.45) is 2.14. The van der Waals surface area contributed by atoms with Crippen molar-refractivity contribution < 1.29 is 9.59 Å². The van der Waals surface area contributed by atoms with E-state index in [1.54, 1.807) is 30.6 Å². The second kappa shape index (κ2) is 8.63. The van der Waals surface area contributed by atoms with Crippen LogP contribution in [0.3, 0.4) is 0 Å². The first-order valence-corrected chi connectivity index (χ1v) is 8.92. The Bertz CT molecular complexity index is 695. The van der Waals surface area contributed by atoms with E-state index < -0.39 is 0 Å². The number of Topliss-reactive ketones (excluding diaryl/α,β-unsaturated/α-hetero) is 1. The van der Waals surface area contributed by atoms with E-state index in [1.807, 2.05) is 25.3 Å². The van der Waals surface area contributed by atoms with Gasteiger partial charge in [-0.05, 0) is 37.1 Å². The van der Waals surface area contributed by atoms with Crippen LogP contribution in [0.2, 0.25) is 0 Å². The molecular formula is C17H22N4O2S. The molecule has 1 heterocycles. The Balaban J connectivity index is 1.90. The number of nitrogens with zero attached hydrogens (tertiary/aromatic N) is 3. The number of hydrogen-bond donors (Lipinski definition) is 1. The molecule has 0 atom stereocenters. The van der Waals surface area contributed by atoms with Crippen LogP contribution >= 0.6 is 11.8 Å². The summed E-state index contributed by atoms with van der Waals surface area (Å²) in [7, 11) is 0. The molecule has 2 rings (SSSR count). The van der Waals surface area contributed by atoms with Crippen LogP contribution in [0.25, 0.3) is 0 Å². The number of nitrogens with one attached hydrogen (secondary N) is 1. The lowest BCUT2D eigenvalue weighted by atomic mass is 10.1. The zero-order chi connectivity index (χ0) is 17.5. The normalized spacial score (nSPS) is 10.8. The molecule has 1 N–H and O–H groups in total. The fourth-order valence-electron chi connectivity index (χ4n) is 2.11. The van der Waals surface area contributed by atoms with Gasteiger partial charge in [0.2, 0.25) is 5.91 Å². The first kappa shape index (κ1) is 18.2. The number of hydrogen-bond acceptors (Lipinski definition) is 5. The average Bonchev–Trinajstić information content (AvgIpc) is 3.00. The van der Waals surface area contributed by atoms with Crippen LogP contribution in [0.15, 0.2) is 35.7 Å². The number of carbonyl (C=O) groups is 2. The maximum Gasteiger partial charge on any atom is 0.224 e. The number of benzene rings is 1. The van der Waals surface area contributed by atoms with Crippen LogP contribution in [-0.4, -0.2) is 32.2 Å². The van der Waals surface area contributed by atoms with E-state index in [-0.39, 0.29) is 11.7 Å². The molecule has 0 saturated carbocycles. The van der Waals surface area contributed by atoms with Gasteiger partial charge in [-0.2, -0.15) is 0 Å². The lowest BCUT2D eigenvalue weighted by Crippen LogP contribution is -2.14. The number of rotatable bonds is 8. The molecule has 0 aliphatic heterocycles. The van der Waals surface area contributed by atoms with Crippen LogP contribution in [0.5, 0.6) is 0 Å². The third kappa shape index (κ3) is 5.19. The quantitative estimate of drug-likeness (QED) is 0.586. The smallest absolute Gasteiger partial charge is 0.224 e. The minimum Gasteiger partial charge on any atom is -0.326 e. The van der Waals surface area contributed by atoms with Gasteiger partial charge < -0.3 is 9.88 Å². The number of thioether (sulfide) groups is 1. The monoisotopic (exact) mass is 346 g/mol. The van der Waals surface area contributed by atoms with Gasteiger partial charge in [0.05, 0.1) is 5.75 Å². The molecule has 2 aromatic rings. The topological polar surface area (TPSA) is 76.9 Å². The minimum absolute atomic E-state index is 0.0152. The first-order valence-electron chi connectivity index (χ1n) is 7.93. The molecule has 128 valence electrons.